The molecule has 2 unspecified atom stereocenters. The van der Waals surface area contributed by atoms with E-state index in [4.69, 9.17) is 4.74 Å². The monoisotopic (exact) mass is 325 g/mol. The van der Waals surface area contributed by atoms with E-state index in [1.165, 1.54) is 6.33 Å². The zero-order valence-electron chi connectivity index (χ0n) is 13.1. The van der Waals surface area contributed by atoms with Gasteiger partial charge in [0.2, 0.25) is 0 Å². The van der Waals surface area contributed by atoms with Gasteiger partial charge in [0.25, 0.3) is 0 Å². The molecule has 1 aliphatic carbocycles. The van der Waals surface area contributed by atoms with Crippen LogP contribution < -0.4 is 5.32 Å². The van der Waals surface area contributed by atoms with Crippen molar-refractivity contribution in [2.24, 2.45) is 0 Å². The first-order valence-corrected chi connectivity index (χ1v) is 8.07. The number of hydrogen-bond donors (Lipinski definition) is 2. The third-order valence-corrected chi connectivity index (χ3v) is 4.23. The summed E-state index contributed by atoms with van der Waals surface area (Å²) in [5.41, 5.74) is 1.45. The molecule has 2 aliphatic rings. The molecule has 124 valence electrons. The second kappa shape index (κ2) is 6.54. The summed E-state index contributed by atoms with van der Waals surface area (Å²) in [6.07, 6.45) is 16.7. The second-order valence-electron chi connectivity index (χ2n) is 5.84. The van der Waals surface area contributed by atoms with Gasteiger partial charge in [-0.3, -0.25) is 4.57 Å². The van der Waals surface area contributed by atoms with E-state index in [9.17, 15) is 5.11 Å². The summed E-state index contributed by atoms with van der Waals surface area (Å²) < 4.78 is 7.75. The molecule has 24 heavy (non-hydrogen) atoms. The van der Waals surface area contributed by atoms with Crippen molar-refractivity contribution in [2.75, 3.05) is 11.9 Å². The predicted molar refractivity (Wildman–Crippen MR) is 90.4 cm³/mol. The molecule has 1 aliphatic heterocycles. The zero-order valence-corrected chi connectivity index (χ0v) is 13.1. The molecule has 7 heteroatoms. The van der Waals surface area contributed by atoms with E-state index in [0.717, 1.165) is 18.5 Å². The van der Waals surface area contributed by atoms with Crippen LogP contribution in [0.1, 0.15) is 19.1 Å². The molecule has 3 heterocycles. The highest BCUT2D eigenvalue weighted by atomic mass is 16.5. The molecule has 2 aromatic heterocycles. The van der Waals surface area contributed by atoms with Gasteiger partial charge in [-0.25, -0.2) is 15.0 Å². The summed E-state index contributed by atoms with van der Waals surface area (Å²) in [7, 11) is 0. The first kappa shape index (κ1) is 15.0. The number of imidazole rings is 1. The minimum atomic E-state index is -0.142. The minimum Gasteiger partial charge on any atom is -0.394 e. The van der Waals surface area contributed by atoms with Crippen LogP contribution in [0.4, 0.5) is 5.82 Å². The quantitative estimate of drug-likeness (QED) is 0.894. The molecule has 0 aromatic carbocycles. The molecule has 7 nitrogen and oxygen atoms in total. The number of nitrogens with zero attached hydrogens (tertiary/aromatic N) is 4. The summed E-state index contributed by atoms with van der Waals surface area (Å²) in [5, 5.41) is 12.6. The summed E-state index contributed by atoms with van der Waals surface area (Å²) in [6, 6.07) is 0.0461. The van der Waals surface area contributed by atoms with Gasteiger partial charge in [-0.1, -0.05) is 36.5 Å². The van der Waals surface area contributed by atoms with E-state index in [2.05, 4.69) is 32.4 Å². The van der Waals surface area contributed by atoms with Crippen LogP contribution in [0.5, 0.6) is 0 Å². The topological polar surface area (TPSA) is 85.1 Å². The Morgan fingerprint density at radius 1 is 1.12 bits per heavy atom. The molecule has 1 fully saturated rings. The first-order valence-electron chi connectivity index (χ1n) is 8.07. The highest BCUT2D eigenvalue weighted by Crippen LogP contribution is 2.31. The normalized spacial score (nSPS) is 23.9. The molecule has 0 spiro atoms. The Bertz CT molecular complexity index is 794. The smallest absolute Gasteiger partial charge is 0.167 e. The molecular formula is C17H19N5O2. The van der Waals surface area contributed by atoms with Crippen molar-refractivity contribution in [1.82, 2.24) is 19.5 Å². The van der Waals surface area contributed by atoms with Crippen LogP contribution >= 0.6 is 0 Å². The maximum Gasteiger partial charge on any atom is 0.167 e. The summed E-state index contributed by atoms with van der Waals surface area (Å²) in [6.45, 7) is 0.0410. The molecule has 2 N–H and O–H groups in total. The molecule has 2 aromatic rings. The van der Waals surface area contributed by atoms with Crippen molar-refractivity contribution in [1.29, 1.82) is 0 Å². The number of fused-ring (bicyclic) bond motifs is 1. The highest BCUT2D eigenvalue weighted by Gasteiger charge is 2.27. The lowest BCUT2D eigenvalue weighted by Gasteiger charge is -2.14. The van der Waals surface area contributed by atoms with E-state index < -0.39 is 0 Å². The third kappa shape index (κ3) is 2.83. The van der Waals surface area contributed by atoms with Crippen LogP contribution in [-0.2, 0) is 4.74 Å². The van der Waals surface area contributed by atoms with Gasteiger partial charge >= 0.3 is 0 Å². The van der Waals surface area contributed by atoms with Crippen LogP contribution in [0.3, 0.4) is 0 Å². The lowest BCUT2D eigenvalue weighted by molar-refractivity contribution is -0.0207. The average Bonchev–Trinajstić information content (AvgIpc) is 3.17. The van der Waals surface area contributed by atoms with Crippen molar-refractivity contribution in [3.63, 3.8) is 0 Å². The number of rotatable bonds is 4. The fourth-order valence-electron chi connectivity index (χ4n) is 3.01. The molecule has 0 saturated carbocycles. The number of aromatic nitrogens is 4. The molecule has 0 radical (unpaired) electrons. The summed E-state index contributed by atoms with van der Waals surface area (Å²) in [4.78, 5) is 13.2. The summed E-state index contributed by atoms with van der Waals surface area (Å²) >= 11 is 0. The Labute approximate surface area is 139 Å². The van der Waals surface area contributed by atoms with Gasteiger partial charge in [0.05, 0.1) is 25.1 Å². The highest BCUT2D eigenvalue weighted by molar-refractivity contribution is 5.83. The number of aliphatic hydroxyl groups excluding tert-OH is 1. The Kier molecular flexibility index (Phi) is 4.10. The first-order chi connectivity index (χ1) is 11.8. The Morgan fingerprint density at radius 3 is 2.71 bits per heavy atom. The second-order valence-corrected chi connectivity index (χ2v) is 5.84. The largest absolute Gasteiger partial charge is 0.394 e. The van der Waals surface area contributed by atoms with Gasteiger partial charge < -0.3 is 15.2 Å². The Balaban J connectivity index is 1.62. The standard InChI is InChI=1S/C17H19N5O2/c23-9-13-7-8-14(24-13)22-11-20-15-16(18-10-19-17(15)22)21-12-5-3-1-2-4-6-12/h1-6,10-14,23H,7-9H2,(H,18,19,21). The number of hydrogen-bond acceptors (Lipinski definition) is 6. The lowest BCUT2D eigenvalue weighted by Crippen LogP contribution is -2.15. The molecule has 0 amide bonds. The van der Waals surface area contributed by atoms with E-state index in [1.54, 1.807) is 6.33 Å². The van der Waals surface area contributed by atoms with Crippen LogP contribution in [0.25, 0.3) is 11.2 Å². The molecule has 2 atom stereocenters. The molecule has 0 bridgehead atoms. The van der Waals surface area contributed by atoms with Crippen LogP contribution in [0.2, 0.25) is 0 Å². The SMILES string of the molecule is OCC1CCC(n2cnc3c(NC4C=CC=CC=C4)ncnc32)O1. The van der Waals surface area contributed by atoms with E-state index in [0.29, 0.717) is 11.3 Å². The Hall–Kier alpha value is -2.51. The number of nitrogens with one attached hydrogen (secondary N) is 1. The number of ether oxygens (including phenoxy) is 1. The van der Waals surface area contributed by atoms with Gasteiger partial charge in [-0.15, -0.1) is 0 Å². The van der Waals surface area contributed by atoms with Gasteiger partial charge in [0, 0.05) is 0 Å². The van der Waals surface area contributed by atoms with Crippen molar-refractivity contribution in [2.45, 2.75) is 31.2 Å². The third-order valence-electron chi connectivity index (χ3n) is 4.23. The molecule has 4 rings (SSSR count). The van der Waals surface area contributed by atoms with Crippen molar-refractivity contribution in [3.8, 4) is 0 Å². The van der Waals surface area contributed by atoms with Crippen LogP contribution in [0.15, 0.2) is 49.1 Å². The van der Waals surface area contributed by atoms with E-state index in [1.807, 2.05) is 28.9 Å². The molecular weight excluding hydrogens is 306 g/mol. The minimum absolute atomic E-state index is 0.0410. The number of allylic oxidation sites excluding steroid dienone is 4. The number of anilines is 1. The predicted octanol–water partition coefficient (Wildman–Crippen LogP) is 1.96. The maximum absolute atomic E-state index is 9.24. The van der Waals surface area contributed by atoms with Gasteiger partial charge in [0.1, 0.15) is 12.6 Å². The fourth-order valence-corrected chi connectivity index (χ4v) is 3.01. The maximum atomic E-state index is 9.24. The molecule has 1 saturated heterocycles. The van der Waals surface area contributed by atoms with E-state index >= 15 is 0 Å². The van der Waals surface area contributed by atoms with Crippen LogP contribution in [0, 0.1) is 0 Å². The number of aliphatic hydroxyl groups is 1. The van der Waals surface area contributed by atoms with Gasteiger partial charge in [-0.2, -0.15) is 0 Å². The lowest BCUT2D eigenvalue weighted by atomic mass is 10.2. The van der Waals surface area contributed by atoms with Crippen molar-refractivity contribution >= 4 is 17.0 Å². The van der Waals surface area contributed by atoms with Crippen molar-refractivity contribution < 1.29 is 9.84 Å². The Morgan fingerprint density at radius 2 is 1.96 bits per heavy atom. The fraction of sp³-hybridized carbons (Fsp3) is 0.353. The van der Waals surface area contributed by atoms with Crippen LogP contribution in [-0.4, -0.2) is 43.4 Å². The van der Waals surface area contributed by atoms with Crippen molar-refractivity contribution in [3.05, 3.63) is 49.1 Å². The summed E-state index contributed by atoms with van der Waals surface area (Å²) in [5.74, 6) is 0.691. The van der Waals surface area contributed by atoms with E-state index in [-0.39, 0.29) is 25.0 Å². The van der Waals surface area contributed by atoms with Gasteiger partial charge in [0.15, 0.2) is 17.0 Å². The van der Waals surface area contributed by atoms with Gasteiger partial charge in [-0.05, 0) is 12.8 Å². The zero-order chi connectivity index (χ0) is 16.4. The average molecular weight is 325 g/mol.